The van der Waals surface area contributed by atoms with E-state index in [1.165, 1.54) is 12.1 Å². The molecule has 0 bridgehead atoms. The standard InChI is InChI=1S/C21H22N2O5/c1-2-27-21(26)28-18-11-7-15(8-12-18)19(24)22-13-14-3-9-17(10-4-14)23-20(25)16-5-6-16/h3-4,7-12,16H,2,5-6,13H2,1H3,(H,22,24)(H,23,25). The maximum atomic E-state index is 12.2. The minimum absolute atomic E-state index is 0.0661. The average Bonchev–Trinajstić information content (AvgIpc) is 3.53. The molecule has 0 atom stereocenters. The molecule has 0 heterocycles. The number of ether oxygens (including phenoxy) is 2. The molecule has 2 aromatic carbocycles. The first-order chi connectivity index (χ1) is 13.5. The van der Waals surface area contributed by atoms with Crippen molar-refractivity contribution < 1.29 is 23.9 Å². The van der Waals surface area contributed by atoms with Crippen molar-refractivity contribution in [2.75, 3.05) is 11.9 Å². The molecule has 0 aromatic heterocycles. The quantitative estimate of drug-likeness (QED) is 0.565. The van der Waals surface area contributed by atoms with E-state index in [-0.39, 0.29) is 24.3 Å². The molecular formula is C21H22N2O5. The predicted molar refractivity (Wildman–Crippen MR) is 103 cm³/mol. The number of carbonyl (C=O) groups excluding carboxylic acids is 3. The molecule has 0 saturated heterocycles. The first-order valence-corrected chi connectivity index (χ1v) is 9.18. The Morgan fingerprint density at radius 1 is 1.00 bits per heavy atom. The lowest BCUT2D eigenvalue weighted by Gasteiger charge is -2.08. The second kappa shape index (κ2) is 9.03. The van der Waals surface area contributed by atoms with Crippen molar-refractivity contribution in [3.8, 4) is 5.75 Å². The summed E-state index contributed by atoms with van der Waals surface area (Å²) in [5.41, 5.74) is 2.12. The van der Waals surface area contributed by atoms with Crippen LogP contribution in [-0.2, 0) is 16.1 Å². The Bertz CT molecular complexity index is 842. The van der Waals surface area contributed by atoms with E-state index >= 15 is 0 Å². The Morgan fingerprint density at radius 2 is 1.68 bits per heavy atom. The minimum Gasteiger partial charge on any atom is -0.434 e. The molecule has 1 fully saturated rings. The summed E-state index contributed by atoms with van der Waals surface area (Å²) in [7, 11) is 0. The molecule has 1 aliphatic carbocycles. The Kier molecular flexibility index (Phi) is 6.26. The number of carbonyl (C=O) groups is 3. The highest BCUT2D eigenvalue weighted by atomic mass is 16.7. The summed E-state index contributed by atoms with van der Waals surface area (Å²) >= 11 is 0. The molecule has 0 spiro atoms. The molecule has 2 aromatic rings. The van der Waals surface area contributed by atoms with Gasteiger partial charge in [0.1, 0.15) is 5.75 Å². The Morgan fingerprint density at radius 3 is 2.29 bits per heavy atom. The average molecular weight is 382 g/mol. The summed E-state index contributed by atoms with van der Waals surface area (Å²) in [4.78, 5) is 35.3. The van der Waals surface area contributed by atoms with Gasteiger partial charge in [0.05, 0.1) is 6.61 Å². The van der Waals surface area contributed by atoms with Crippen molar-refractivity contribution in [2.45, 2.75) is 26.3 Å². The molecule has 3 rings (SSSR count). The number of hydrogen-bond acceptors (Lipinski definition) is 5. The van der Waals surface area contributed by atoms with Crippen LogP contribution in [-0.4, -0.2) is 24.6 Å². The fraction of sp³-hybridized carbons (Fsp3) is 0.286. The first-order valence-electron chi connectivity index (χ1n) is 9.18. The van der Waals surface area contributed by atoms with E-state index in [9.17, 15) is 14.4 Å². The van der Waals surface area contributed by atoms with Crippen LogP contribution < -0.4 is 15.4 Å². The third-order valence-corrected chi connectivity index (χ3v) is 4.20. The number of amides is 2. The lowest BCUT2D eigenvalue weighted by Crippen LogP contribution is -2.22. The van der Waals surface area contributed by atoms with Gasteiger partial charge in [-0.15, -0.1) is 0 Å². The smallest absolute Gasteiger partial charge is 0.434 e. The molecule has 28 heavy (non-hydrogen) atoms. The molecular weight excluding hydrogens is 360 g/mol. The number of nitrogens with one attached hydrogen (secondary N) is 2. The van der Waals surface area contributed by atoms with Crippen molar-refractivity contribution in [1.82, 2.24) is 5.32 Å². The predicted octanol–water partition coefficient (Wildman–Crippen LogP) is 3.50. The van der Waals surface area contributed by atoms with Crippen LogP contribution in [0.2, 0.25) is 0 Å². The summed E-state index contributed by atoms with van der Waals surface area (Å²) in [6, 6.07) is 13.6. The van der Waals surface area contributed by atoms with Gasteiger partial charge < -0.3 is 20.1 Å². The number of anilines is 1. The van der Waals surface area contributed by atoms with Crippen LogP contribution in [0.3, 0.4) is 0 Å². The zero-order valence-electron chi connectivity index (χ0n) is 15.6. The minimum atomic E-state index is -0.781. The molecule has 0 aliphatic heterocycles. The number of benzene rings is 2. The molecule has 2 N–H and O–H groups in total. The van der Waals surface area contributed by atoms with Gasteiger partial charge in [-0.25, -0.2) is 4.79 Å². The van der Waals surface area contributed by atoms with Crippen LogP contribution in [0.25, 0.3) is 0 Å². The second-order valence-electron chi connectivity index (χ2n) is 6.45. The Labute approximate surface area is 163 Å². The maximum Gasteiger partial charge on any atom is 0.513 e. The van der Waals surface area contributed by atoms with Crippen LogP contribution in [0.15, 0.2) is 48.5 Å². The van der Waals surface area contributed by atoms with Crippen molar-refractivity contribution in [1.29, 1.82) is 0 Å². The summed E-state index contributed by atoms with van der Waals surface area (Å²) < 4.78 is 9.64. The van der Waals surface area contributed by atoms with Crippen molar-refractivity contribution in [2.24, 2.45) is 5.92 Å². The zero-order chi connectivity index (χ0) is 19.9. The molecule has 1 saturated carbocycles. The van der Waals surface area contributed by atoms with E-state index in [4.69, 9.17) is 9.47 Å². The van der Waals surface area contributed by atoms with Gasteiger partial charge >= 0.3 is 6.16 Å². The van der Waals surface area contributed by atoms with E-state index in [0.29, 0.717) is 17.9 Å². The lowest BCUT2D eigenvalue weighted by atomic mass is 10.1. The molecule has 1 aliphatic rings. The fourth-order valence-electron chi connectivity index (χ4n) is 2.50. The number of hydrogen-bond donors (Lipinski definition) is 2. The lowest BCUT2D eigenvalue weighted by molar-refractivity contribution is -0.117. The van der Waals surface area contributed by atoms with Crippen LogP contribution in [0.1, 0.15) is 35.7 Å². The highest BCUT2D eigenvalue weighted by Crippen LogP contribution is 2.30. The van der Waals surface area contributed by atoms with E-state index < -0.39 is 6.16 Å². The summed E-state index contributed by atoms with van der Waals surface area (Å²) in [6.07, 6.45) is 1.15. The highest BCUT2D eigenvalue weighted by molar-refractivity contribution is 5.94. The molecule has 146 valence electrons. The van der Waals surface area contributed by atoms with Crippen molar-refractivity contribution in [3.05, 3.63) is 59.7 Å². The monoisotopic (exact) mass is 382 g/mol. The number of rotatable bonds is 7. The van der Waals surface area contributed by atoms with Gasteiger partial charge in [0.2, 0.25) is 5.91 Å². The maximum absolute atomic E-state index is 12.2. The van der Waals surface area contributed by atoms with Crippen LogP contribution >= 0.6 is 0 Å². The van der Waals surface area contributed by atoms with Crippen LogP contribution in [0, 0.1) is 5.92 Å². The van der Waals surface area contributed by atoms with Gasteiger partial charge in [-0.2, -0.15) is 0 Å². The topological polar surface area (TPSA) is 93.7 Å². The SMILES string of the molecule is CCOC(=O)Oc1ccc(C(=O)NCc2ccc(NC(=O)C3CC3)cc2)cc1. The Balaban J connectivity index is 1.48. The molecule has 7 nitrogen and oxygen atoms in total. The summed E-state index contributed by atoms with van der Waals surface area (Å²) in [5.74, 6) is 0.289. The van der Waals surface area contributed by atoms with Gasteiger partial charge in [-0.1, -0.05) is 12.1 Å². The molecule has 2 amide bonds. The highest BCUT2D eigenvalue weighted by Gasteiger charge is 2.29. The molecule has 0 radical (unpaired) electrons. The van der Waals surface area contributed by atoms with Crippen molar-refractivity contribution >= 4 is 23.7 Å². The zero-order valence-corrected chi connectivity index (χ0v) is 15.6. The largest absolute Gasteiger partial charge is 0.513 e. The van der Waals surface area contributed by atoms with Gasteiger partial charge in [-0.3, -0.25) is 9.59 Å². The summed E-state index contributed by atoms with van der Waals surface area (Å²) in [6.45, 7) is 2.27. The summed E-state index contributed by atoms with van der Waals surface area (Å²) in [5, 5.41) is 5.70. The molecule has 0 unspecified atom stereocenters. The van der Waals surface area contributed by atoms with Gasteiger partial charge in [0.25, 0.3) is 5.91 Å². The van der Waals surface area contributed by atoms with E-state index in [1.54, 1.807) is 19.1 Å². The normalized spacial score (nSPS) is 12.8. The van der Waals surface area contributed by atoms with Crippen LogP contribution in [0.4, 0.5) is 10.5 Å². The van der Waals surface area contributed by atoms with Gasteiger partial charge in [0, 0.05) is 23.7 Å². The van der Waals surface area contributed by atoms with Gasteiger partial charge in [-0.05, 0) is 61.7 Å². The van der Waals surface area contributed by atoms with Crippen LogP contribution in [0.5, 0.6) is 5.75 Å². The Hall–Kier alpha value is -3.35. The third-order valence-electron chi connectivity index (χ3n) is 4.20. The van der Waals surface area contributed by atoms with E-state index in [1.807, 2.05) is 24.3 Å². The molecule has 7 heteroatoms. The second-order valence-corrected chi connectivity index (χ2v) is 6.45. The first kappa shape index (κ1) is 19.4. The van der Waals surface area contributed by atoms with E-state index in [2.05, 4.69) is 10.6 Å². The van der Waals surface area contributed by atoms with Crippen molar-refractivity contribution in [3.63, 3.8) is 0 Å². The third kappa shape index (κ3) is 5.57. The van der Waals surface area contributed by atoms with E-state index in [0.717, 1.165) is 24.1 Å². The fourth-order valence-corrected chi connectivity index (χ4v) is 2.50. The van der Waals surface area contributed by atoms with Gasteiger partial charge in [0.15, 0.2) is 0 Å².